The zero-order chi connectivity index (χ0) is 18.4. The molecule has 2 rings (SSSR count). The van der Waals surface area contributed by atoms with Gasteiger partial charge in [-0.15, -0.1) is 0 Å². The van der Waals surface area contributed by atoms with Crippen molar-refractivity contribution in [2.75, 3.05) is 5.73 Å². The van der Waals surface area contributed by atoms with Gasteiger partial charge in [0.2, 0.25) is 0 Å². The van der Waals surface area contributed by atoms with Crippen molar-refractivity contribution in [3.63, 3.8) is 0 Å². The minimum atomic E-state index is -5.14. The molecule has 0 unspecified atom stereocenters. The van der Waals surface area contributed by atoms with E-state index >= 15 is 0 Å². The van der Waals surface area contributed by atoms with E-state index in [9.17, 15) is 31.4 Å². The van der Waals surface area contributed by atoms with Crippen LogP contribution >= 0.6 is 0 Å². The quantitative estimate of drug-likeness (QED) is 0.571. The lowest BCUT2D eigenvalue weighted by Crippen LogP contribution is -2.20. The van der Waals surface area contributed by atoms with Gasteiger partial charge in [-0.25, -0.2) is 0 Å². The lowest BCUT2D eigenvalue weighted by atomic mass is 10.3. The van der Waals surface area contributed by atoms with E-state index in [-0.39, 0.29) is 5.75 Å². The first-order valence-electron chi connectivity index (χ1n) is 6.40. The second kappa shape index (κ2) is 7.80. The van der Waals surface area contributed by atoms with Crippen LogP contribution in [0.4, 0.5) is 32.0 Å². The first kappa shape index (κ1) is 19.5. The first-order valence-corrected chi connectivity index (χ1v) is 6.40. The normalized spacial score (nSPS) is 11.4. The van der Waals surface area contributed by atoms with E-state index in [1.54, 1.807) is 42.5 Å². The number of rotatable bonds is 2. The minimum absolute atomic E-state index is 0.177. The van der Waals surface area contributed by atoms with Gasteiger partial charge in [0.1, 0.15) is 23.7 Å². The number of aromatic hydroxyl groups is 1. The fraction of sp³-hybridized carbons (Fsp3) is 0.200. The average Bonchev–Trinajstić information content (AvgIpc) is 2.34. The summed E-state index contributed by atoms with van der Waals surface area (Å²) in [4.78, 5) is 0. The predicted octanol–water partition coefficient (Wildman–Crippen LogP) is 5.27. The van der Waals surface area contributed by atoms with Crippen molar-refractivity contribution >= 4 is 5.69 Å². The molecule has 132 valence electrons. The van der Waals surface area contributed by atoms with Crippen molar-refractivity contribution < 1.29 is 36.2 Å². The molecule has 0 radical (unpaired) electrons. The Kier molecular flexibility index (Phi) is 6.33. The second-order valence-corrected chi connectivity index (χ2v) is 4.58. The Balaban J connectivity index is 0.000000277. The van der Waals surface area contributed by atoms with Crippen LogP contribution in [-0.4, -0.2) is 17.5 Å². The Morgan fingerprint density at radius 1 is 0.833 bits per heavy atom. The fourth-order valence-electron chi connectivity index (χ4n) is 1.49. The number of phenolic OH excluding ortho intramolecular Hbond substituents is 1. The van der Waals surface area contributed by atoms with Crippen LogP contribution in [0.2, 0.25) is 0 Å². The minimum Gasteiger partial charge on any atom is -0.508 e. The van der Waals surface area contributed by atoms with E-state index in [1.807, 2.05) is 6.07 Å². The lowest BCUT2D eigenvalue weighted by Gasteiger charge is -2.08. The Labute approximate surface area is 133 Å². The SMILES string of the molecule is FC(F)(F)CC(F)(F)F.Nc1cccc(Oc2cccc(O)c2)c1. The third-order valence-electron chi connectivity index (χ3n) is 2.31. The maximum atomic E-state index is 10.8. The second-order valence-electron chi connectivity index (χ2n) is 4.58. The van der Waals surface area contributed by atoms with Gasteiger partial charge in [0.15, 0.2) is 0 Å². The number of anilines is 1. The Morgan fingerprint density at radius 2 is 1.33 bits per heavy atom. The fourth-order valence-corrected chi connectivity index (χ4v) is 1.49. The van der Waals surface area contributed by atoms with E-state index < -0.39 is 18.8 Å². The smallest absolute Gasteiger partial charge is 0.397 e. The van der Waals surface area contributed by atoms with Gasteiger partial charge in [-0.3, -0.25) is 0 Å². The molecule has 0 aliphatic rings. The van der Waals surface area contributed by atoms with Crippen LogP contribution in [0.5, 0.6) is 17.2 Å². The highest BCUT2D eigenvalue weighted by Crippen LogP contribution is 2.31. The topological polar surface area (TPSA) is 55.5 Å². The molecule has 3 N–H and O–H groups in total. The molecule has 2 aromatic rings. The summed E-state index contributed by atoms with van der Waals surface area (Å²) >= 11 is 0. The number of halogens is 6. The van der Waals surface area contributed by atoms with Crippen LogP contribution in [0.25, 0.3) is 0 Å². The van der Waals surface area contributed by atoms with Gasteiger partial charge >= 0.3 is 12.4 Å². The van der Waals surface area contributed by atoms with Crippen molar-refractivity contribution in [3.05, 3.63) is 48.5 Å². The monoisotopic (exact) mass is 353 g/mol. The molecule has 0 aromatic heterocycles. The molecule has 0 aliphatic carbocycles. The van der Waals surface area contributed by atoms with E-state index in [0.29, 0.717) is 17.2 Å². The van der Waals surface area contributed by atoms with Crippen LogP contribution < -0.4 is 10.5 Å². The van der Waals surface area contributed by atoms with Crippen molar-refractivity contribution in [1.29, 1.82) is 0 Å². The Morgan fingerprint density at radius 3 is 1.75 bits per heavy atom. The van der Waals surface area contributed by atoms with Gasteiger partial charge in [0.05, 0.1) is 0 Å². The van der Waals surface area contributed by atoms with Crippen molar-refractivity contribution in [2.24, 2.45) is 0 Å². The van der Waals surface area contributed by atoms with E-state index in [4.69, 9.17) is 10.5 Å². The number of alkyl halides is 6. The summed E-state index contributed by atoms with van der Waals surface area (Å²) < 4.78 is 70.5. The molecule has 0 fully saturated rings. The van der Waals surface area contributed by atoms with Crippen molar-refractivity contribution in [2.45, 2.75) is 18.8 Å². The maximum absolute atomic E-state index is 10.8. The molecule has 0 spiro atoms. The highest BCUT2D eigenvalue weighted by Gasteiger charge is 2.43. The number of benzene rings is 2. The number of nitrogen functional groups attached to an aromatic ring is 1. The van der Waals surface area contributed by atoms with Gasteiger partial charge in [0, 0.05) is 17.8 Å². The lowest BCUT2D eigenvalue weighted by molar-refractivity contribution is -0.232. The van der Waals surface area contributed by atoms with Gasteiger partial charge in [-0.1, -0.05) is 12.1 Å². The molecule has 24 heavy (non-hydrogen) atoms. The van der Waals surface area contributed by atoms with Crippen LogP contribution in [0.1, 0.15) is 6.42 Å². The molecule has 0 heterocycles. The van der Waals surface area contributed by atoms with Gasteiger partial charge < -0.3 is 15.6 Å². The zero-order valence-electron chi connectivity index (χ0n) is 12.0. The number of hydrogen-bond donors (Lipinski definition) is 2. The summed E-state index contributed by atoms with van der Waals surface area (Å²) in [5.74, 6) is 1.41. The summed E-state index contributed by atoms with van der Waals surface area (Å²) in [5.41, 5.74) is 6.26. The number of phenols is 1. The van der Waals surface area contributed by atoms with Crippen LogP contribution in [0.15, 0.2) is 48.5 Å². The van der Waals surface area contributed by atoms with Crippen LogP contribution in [-0.2, 0) is 0 Å². The number of nitrogens with two attached hydrogens (primary N) is 1. The molecule has 0 saturated carbocycles. The Hall–Kier alpha value is -2.58. The van der Waals surface area contributed by atoms with Gasteiger partial charge in [0.25, 0.3) is 0 Å². The molecule has 2 aromatic carbocycles. The maximum Gasteiger partial charge on any atom is 0.397 e. The largest absolute Gasteiger partial charge is 0.508 e. The van der Waals surface area contributed by atoms with Gasteiger partial charge in [-0.2, -0.15) is 26.3 Å². The van der Waals surface area contributed by atoms with Gasteiger partial charge in [-0.05, 0) is 24.3 Å². The molecule has 0 bridgehead atoms. The molecule has 0 saturated heterocycles. The molecule has 0 atom stereocenters. The van der Waals surface area contributed by atoms with E-state index in [2.05, 4.69) is 0 Å². The summed E-state index contributed by atoms with van der Waals surface area (Å²) in [5, 5.41) is 9.24. The third-order valence-corrected chi connectivity index (χ3v) is 2.31. The average molecular weight is 353 g/mol. The van der Waals surface area contributed by atoms with E-state index in [1.165, 1.54) is 0 Å². The third kappa shape index (κ3) is 8.76. The van der Waals surface area contributed by atoms with Crippen LogP contribution in [0, 0.1) is 0 Å². The molecule has 0 amide bonds. The van der Waals surface area contributed by atoms with Crippen molar-refractivity contribution in [3.8, 4) is 17.2 Å². The standard InChI is InChI=1S/C12H11NO2.C3H2F6/c13-9-3-1-5-11(7-9)15-12-6-2-4-10(14)8-12;4-2(5,6)1-3(7,8)9/h1-8,14H,13H2;1H2. The number of hydrogen-bond acceptors (Lipinski definition) is 3. The first-order chi connectivity index (χ1) is 10.9. The highest BCUT2D eigenvalue weighted by atomic mass is 19.4. The highest BCUT2D eigenvalue weighted by molar-refractivity contribution is 5.45. The molecular formula is C15H13F6NO2. The molecular weight excluding hydrogens is 340 g/mol. The molecule has 3 nitrogen and oxygen atoms in total. The predicted molar refractivity (Wildman–Crippen MR) is 75.8 cm³/mol. The number of ether oxygens (including phenoxy) is 1. The van der Waals surface area contributed by atoms with Crippen molar-refractivity contribution in [1.82, 2.24) is 0 Å². The van der Waals surface area contributed by atoms with E-state index in [0.717, 1.165) is 0 Å². The zero-order valence-corrected chi connectivity index (χ0v) is 12.0. The Bertz CT molecular complexity index is 599. The summed E-state index contributed by atoms with van der Waals surface area (Å²) in [6, 6.07) is 13.8. The summed E-state index contributed by atoms with van der Waals surface area (Å²) in [6.07, 6.45) is -13.0. The summed E-state index contributed by atoms with van der Waals surface area (Å²) in [7, 11) is 0. The molecule has 9 heteroatoms. The molecule has 0 aliphatic heterocycles. The summed E-state index contributed by atoms with van der Waals surface area (Å²) in [6.45, 7) is 0. The van der Waals surface area contributed by atoms with Crippen LogP contribution in [0.3, 0.4) is 0 Å².